The second-order valence-corrected chi connectivity index (χ2v) is 9.93. The third-order valence-corrected chi connectivity index (χ3v) is 6.69. The maximum atomic E-state index is 14.8. The SMILES string of the molecule is COc1cc(C(=O)N2CCC3(CC2)CN(CC(F)(F)F)CC(c2ccccc2)O3)cc(F)c1OC(C)C. The molecule has 0 aromatic heterocycles. The summed E-state index contributed by atoms with van der Waals surface area (Å²) in [7, 11) is 1.37. The predicted molar refractivity (Wildman–Crippen MR) is 129 cm³/mol. The number of ether oxygens (including phenoxy) is 3. The van der Waals surface area contributed by atoms with E-state index in [4.69, 9.17) is 14.2 Å². The summed E-state index contributed by atoms with van der Waals surface area (Å²) in [5.74, 6) is -1.02. The van der Waals surface area contributed by atoms with Gasteiger partial charge in [-0.25, -0.2) is 4.39 Å². The van der Waals surface area contributed by atoms with Crippen LogP contribution in [0, 0.1) is 5.82 Å². The molecule has 6 nitrogen and oxygen atoms in total. The summed E-state index contributed by atoms with van der Waals surface area (Å²) < 4.78 is 71.8. The fraction of sp³-hybridized carbons (Fsp3) is 0.519. The Kier molecular flexibility index (Phi) is 7.99. The van der Waals surface area contributed by atoms with Crippen LogP contribution in [0.4, 0.5) is 17.6 Å². The van der Waals surface area contributed by atoms with Crippen LogP contribution in [0.3, 0.4) is 0 Å². The van der Waals surface area contributed by atoms with Gasteiger partial charge in [-0.1, -0.05) is 30.3 Å². The molecule has 2 aromatic carbocycles. The van der Waals surface area contributed by atoms with Crippen molar-refractivity contribution in [1.82, 2.24) is 9.80 Å². The average Bonchev–Trinajstić information content (AvgIpc) is 2.84. The van der Waals surface area contributed by atoms with Gasteiger partial charge in [-0.15, -0.1) is 0 Å². The smallest absolute Gasteiger partial charge is 0.401 e. The van der Waals surface area contributed by atoms with Crippen LogP contribution in [0.25, 0.3) is 0 Å². The van der Waals surface area contributed by atoms with E-state index in [1.807, 2.05) is 30.3 Å². The minimum absolute atomic E-state index is 0.0565. The van der Waals surface area contributed by atoms with E-state index in [1.54, 1.807) is 18.7 Å². The van der Waals surface area contributed by atoms with Gasteiger partial charge in [-0.05, 0) is 44.4 Å². The lowest BCUT2D eigenvalue weighted by Crippen LogP contribution is -2.59. The third kappa shape index (κ3) is 6.54. The van der Waals surface area contributed by atoms with E-state index in [-0.39, 0.29) is 55.3 Å². The Morgan fingerprint density at radius 2 is 1.84 bits per heavy atom. The Morgan fingerprint density at radius 1 is 1.16 bits per heavy atom. The fourth-order valence-electron chi connectivity index (χ4n) is 5.07. The quantitative estimate of drug-likeness (QED) is 0.485. The minimum Gasteiger partial charge on any atom is -0.493 e. The van der Waals surface area contributed by atoms with Crippen molar-refractivity contribution >= 4 is 5.91 Å². The van der Waals surface area contributed by atoms with Crippen LogP contribution >= 0.6 is 0 Å². The summed E-state index contributed by atoms with van der Waals surface area (Å²) in [6.07, 6.45) is -4.39. The van der Waals surface area contributed by atoms with Gasteiger partial charge in [0.15, 0.2) is 17.3 Å². The summed E-state index contributed by atoms with van der Waals surface area (Å²) >= 11 is 0. The van der Waals surface area contributed by atoms with Gasteiger partial charge in [0.05, 0.1) is 31.5 Å². The van der Waals surface area contributed by atoms with Gasteiger partial charge >= 0.3 is 6.18 Å². The zero-order valence-electron chi connectivity index (χ0n) is 21.2. The number of nitrogens with zero attached hydrogens (tertiary/aromatic N) is 2. The molecule has 0 bridgehead atoms. The molecule has 2 saturated heterocycles. The van der Waals surface area contributed by atoms with Crippen LogP contribution in [0.5, 0.6) is 11.5 Å². The number of carbonyl (C=O) groups excluding carboxylic acids is 1. The van der Waals surface area contributed by atoms with Crippen LogP contribution in [-0.2, 0) is 4.74 Å². The summed E-state index contributed by atoms with van der Waals surface area (Å²) in [6.45, 7) is 3.30. The first-order valence-corrected chi connectivity index (χ1v) is 12.3. The van der Waals surface area contributed by atoms with E-state index in [0.29, 0.717) is 12.8 Å². The van der Waals surface area contributed by atoms with Gasteiger partial charge in [0, 0.05) is 31.7 Å². The van der Waals surface area contributed by atoms with Crippen molar-refractivity contribution in [1.29, 1.82) is 0 Å². The Labute approximate surface area is 214 Å². The van der Waals surface area contributed by atoms with Gasteiger partial charge in [0.2, 0.25) is 0 Å². The van der Waals surface area contributed by atoms with Crippen LogP contribution in [0.15, 0.2) is 42.5 Å². The van der Waals surface area contributed by atoms with Crippen LogP contribution < -0.4 is 9.47 Å². The fourth-order valence-corrected chi connectivity index (χ4v) is 5.07. The molecule has 1 unspecified atom stereocenters. The second kappa shape index (κ2) is 10.9. The summed E-state index contributed by atoms with van der Waals surface area (Å²) in [6, 6.07) is 11.8. The van der Waals surface area contributed by atoms with Crippen molar-refractivity contribution in [2.45, 2.75) is 50.7 Å². The molecule has 0 N–H and O–H groups in total. The highest BCUT2D eigenvalue weighted by atomic mass is 19.4. The molecule has 202 valence electrons. The molecule has 2 aliphatic heterocycles. The number of rotatable bonds is 6. The van der Waals surface area contributed by atoms with Crippen molar-refractivity contribution in [3.05, 3.63) is 59.4 Å². The van der Waals surface area contributed by atoms with E-state index >= 15 is 0 Å². The Morgan fingerprint density at radius 3 is 2.43 bits per heavy atom. The van der Waals surface area contributed by atoms with Crippen LogP contribution in [0.2, 0.25) is 0 Å². The van der Waals surface area contributed by atoms with Gasteiger partial charge in [0.25, 0.3) is 5.91 Å². The number of morpholine rings is 1. The van der Waals surface area contributed by atoms with E-state index in [0.717, 1.165) is 11.6 Å². The number of hydrogen-bond acceptors (Lipinski definition) is 5. The van der Waals surface area contributed by atoms with E-state index in [1.165, 1.54) is 18.1 Å². The first kappa shape index (κ1) is 27.2. The van der Waals surface area contributed by atoms with Gasteiger partial charge in [-0.2, -0.15) is 13.2 Å². The lowest BCUT2D eigenvalue weighted by Gasteiger charge is -2.50. The largest absolute Gasteiger partial charge is 0.493 e. The number of alkyl halides is 3. The maximum absolute atomic E-state index is 14.8. The van der Waals surface area contributed by atoms with Gasteiger partial charge in [-0.3, -0.25) is 9.69 Å². The molecule has 2 fully saturated rings. The Balaban J connectivity index is 1.50. The predicted octanol–water partition coefficient (Wildman–Crippen LogP) is 5.23. The molecule has 1 atom stereocenters. The van der Waals surface area contributed by atoms with Crippen molar-refractivity contribution in [3.63, 3.8) is 0 Å². The summed E-state index contributed by atoms with van der Waals surface area (Å²) in [5.41, 5.74) is 0.115. The molecule has 0 saturated carbocycles. The highest BCUT2D eigenvalue weighted by Gasteiger charge is 2.46. The van der Waals surface area contributed by atoms with Gasteiger partial charge in [0.1, 0.15) is 0 Å². The zero-order valence-corrected chi connectivity index (χ0v) is 21.2. The van der Waals surface area contributed by atoms with Crippen LogP contribution in [-0.4, -0.2) is 73.4 Å². The molecule has 0 aliphatic carbocycles. The number of hydrogen-bond donors (Lipinski definition) is 0. The van der Waals surface area contributed by atoms with Crippen molar-refractivity contribution in [3.8, 4) is 11.5 Å². The Bertz CT molecular complexity index is 1090. The summed E-state index contributed by atoms with van der Waals surface area (Å²) in [5, 5.41) is 0. The van der Waals surface area contributed by atoms with E-state index < -0.39 is 30.2 Å². The number of benzene rings is 2. The average molecular weight is 525 g/mol. The topological polar surface area (TPSA) is 51.2 Å². The molecule has 4 rings (SSSR count). The molecule has 10 heteroatoms. The highest BCUT2D eigenvalue weighted by molar-refractivity contribution is 5.95. The number of likely N-dealkylation sites (tertiary alicyclic amines) is 1. The molecule has 2 aliphatic rings. The van der Waals surface area contributed by atoms with E-state index in [9.17, 15) is 22.4 Å². The van der Waals surface area contributed by atoms with E-state index in [2.05, 4.69) is 0 Å². The molecule has 2 heterocycles. The molecular weight excluding hydrogens is 492 g/mol. The molecule has 2 aromatic rings. The molecule has 1 amide bonds. The monoisotopic (exact) mass is 524 g/mol. The Hall–Kier alpha value is -2.85. The second-order valence-electron chi connectivity index (χ2n) is 9.93. The standard InChI is InChI=1S/C27H32F4N2O4/c1-18(2)36-24-21(28)13-20(14-22(24)35-3)25(34)33-11-9-26(10-12-33)16-32(17-27(29,30)31)15-23(37-26)19-7-5-4-6-8-19/h4-8,13-14,18,23H,9-12,15-17H2,1-3H3. The first-order valence-electron chi connectivity index (χ1n) is 12.3. The number of halogens is 4. The highest BCUT2D eigenvalue weighted by Crippen LogP contribution is 2.39. The first-order chi connectivity index (χ1) is 17.5. The maximum Gasteiger partial charge on any atom is 0.401 e. The summed E-state index contributed by atoms with van der Waals surface area (Å²) in [4.78, 5) is 16.2. The normalized spacial score (nSPS) is 20.3. The molecule has 1 spiro atoms. The minimum atomic E-state index is -4.33. The number of carbonyl (C=O) groups is 1. The lowest BCUT2D eigenvalue weighted by molar-refractivity contribution is -0.205. The third-order valence-electron chi connectivity index (χ3n) is 6.69. The number of methoxy groups -OCH3 is 1. The lowest BCUT2D eigenvalue weighted by atomic mass is 9.87. The molecule has 0 radical (unpaired) electrons. The molecular formula is C27H32F4N2O4. The zero-order chi connectivity index (χ0) is 26.8. The van der Waals surface area contributed by atoms with Crippen molar-refractivity contribution in [2.75, 3.05) is 39.8 Å². The van der Waals surface area contributed by atoms with Crippen LogP contribution in [0.1, 0.15) is 48.7 Å². The number of piperidine rings is 1. The van der Waals surface area contributed by atoms with Crippen molar-refractivity contribution < 1.29 is 36.6 Å². The molecule has 37 heavy (non-hydrogen) atoms. The van der Waals surface area contributed by atoms with Crippen molar-refractivity contribution in [2.24, 2.45) is 0 Å². The van der Waals surface area contributed by atoms with Gasteiger partial charge < -0.3 is 19.1 Å². The number of amides is 1.